The molecule has 25 heavy (non-hydrogen) atoms. The molecule has 0 aliphatic carbocycles. The fourth-order valence-electron chi connectivity index (χ4n) is 3.05. The van der Waals surface area contributed by atoms with E-state index in [0.29, 0.717) is 23.2 Å². The first-order valence-electron chi connectivity index (χ1n) is 8.23. The number of rotatable bonds is 4. The highest BCUT2D eigenvalue weighted by molar-refractivity contribution is 9.10. The SMILES string of the molecule is COC(=O)c1oc2ccc(Br)cc2c1NC(=O)C[NH+]1CC[NH+](C)CC1. The van der Waals surface area contributed by atoms with Crippen LogP contribution in [0.2, 0.25) is 0 Å². The average molecular weight is 412 g/mol. The van der Waals surface area contributed by atoms with Crippen LogP contribution < -0.4 is 15.1 Å². The Labute approximate surface area is 154 Å². The number of likely N-dealkylation sites (N-methyl/N-ethyl adjacent to an activating group) is 1. The van der Waals surface area contributed by atoms with Gasteiger partial charge in [-0.25, -0.2) is 4.79 Å². The van der Waals surface area contributed by atoms with E-state index < -0.39 is 5.97 Å². The third-order valence-electron chi connectivity index (χ3n) is 4.51. The van der Waals surface area contributed by atoms with Crippen LogP contribution in [-0.2, 0) is 9.53 Å². The number of carbonyl (C=O) groups is 2. The maximum Gasteiger partial charge on any atom is 0.376 e. The molecular formula is C17H22BrN3O4+2. The van der Waals surface area contributed by atoms with Crippen molar-refractivity contribution < 1.29 is 28.5 Å². The second-order valence-corrected chi connectivity index (χ2v) is 7.29. The Morgan fingerprint density at radius 1 is 1.28 bits per heavy atom. The van der Waals surface area contributed by atoms with Crippen molar-refractivity contribution >= 4 is 44.5 Å². The van der Waals surface area contributed by atoms with Crippen molar-refractivity contribution in [3.63, 3.8) is 0 Å². The summed E-state index contributed by atoms with van der Waals surface area (Å²) >= 11 is 3.40. The molecule has 2 heterocycles. The number of piperazine rings is 1. The van der Waals surface area contributed by atoms with Crippen LogP contribution in [0.3, 0.4) is 0 Å². The Kier molecular flexibility index (Phi) is 5.41. The summed E-state index contributed by atoms with van der Waals surface area (Å²) in [5.74, 6) is -0.734. The average Bonchev–Trinajstić information content (AvgIpc) is 2.94. The van der Waals surface area contributed by atoms with Gasteiger partial charge in [0.15, 0.2) is 6.54 Å². The van der Waals surface area contributed by atoms with Crippen molar-refractivity contribution in [3.05, 3.63) is 28.4 Å². The first-order valence-corrected chi connectivity index (χ1v) is 9.02. The highest BCUT2D eigenvalue weighted by atomic mass is 79.9. The third kappa shape index (κ3) is 4.02. The summed E-state index contributed by atoms with van der Waals surface area (Å²) < 4.78 is 11.2. The van der Waals surface area contributed by atoms with Gasteiger partial charge in [-0.05, 0) is 18.2 Å². The number of ether oxygens (including phenoxy) is 1. The molecular weight excluding hydrogens is 390 g/mol. The number of carbonyl (C=O) groups excluding carboxylic acids is 2. The summed E-state index contributed by atoms with van der Waals surface area (Å²) in [7, 11) is 3.45. The van der Waals surface area contributed by atoms with E-state index in [0.717, 1.165) is 30.7 Å². The van der Waals surface area contributed by atoms with E-state index in [4.69, 9.17) is 9.15 Å². The molecule has 1 fully saturated rings. The number of quaternary nitrogens is 2. The van der Waals surface area contributed by atoms with Crippen molar-refractivity contribution in [2.45, 2.75) is 0 Å². The lowest BCUT2D eigenvalue weighted by Crippen LogP contribution is -3.27. The lowest BCUT2D eigenvalue weighted by molar-refractivity contribution is -0.999. The molecule has 1 aromatic carbocycles. The molecule has 1 saturated heterocycles. The molecule has 3 N–H and O–H groups in total. The fraction of sp³-hybridized carbons (Fsp3) is 0.412. The number of anilines is 1. The molecule has 0 unspecified atom stereocenters. The zero-order valence-electron chi connectivity index (χ0n) is 14.3. The lowest BCUT2D eigenvalue weighted by Gasteiger charge is -2.26. The van der Waals surface area contributed by atoms with Crippen molar-refractivity contribution in [3.8, 4) is 0 Å². The highest BCUT2D eigenvalue weighted by Gasteiger charge is 2.26. The summed E-state index contributed by atoms with van der Waals surface area (Å²) in [5, 5.41) is 3.52. The number of methoxy groups -OCH3 is 1. The molecule has 0 radical (unpaired) electrons. The molecule has 1 aliphatic heterocycles. The van der Waals surface area contributed by atoms with Crippen LogP contribution in [0.25, 0.3) is 11.0 Å². The zero-order valence-corrected chi connectivity index (χ0v) is 15.9. The van der Waals surface area contributed by atoms with Crippen molar-refractivity contribution in [2.24, 2.45) is 0 Å². The topological polar surface area (TPSA) is 77.4 Å². The Morgan fingerprint density at radius 3 is 2.68 bits per heavy atom. The van der Waals surface area contributed by atoms with Crippen molar-refractivity contribution in [2.75, 3.05) is 52.2 Å². The molecule has 0 bridgehead atoms. The summed E-state index contributed by atoms with van der Waals surface area (Å²) in [6, 6.07) is 5.37. The molecule has 1 aromatic heterocycles. The number of esters is 1. The second kappa shape index (κ2) is 7.55. The van der Waals surface area contributed by atoms with Gasteiger partial charge < -0.3 is 24.3 Å². The largest absolute Gasteiger partial charge is 0.463 e. The second-order valence-electron chi connectivity index (χ2n) is 6.37. The molecule has 0 saturated carbocycles. The van der Waals surface area contributed by atoms with Gasteiger partial charge in [0.25, 0.3) is 5.91 Å². The highest BCUT2D eigenvalue weighted by Crippen LogP contribution is 2.33. The van der Waals surface area contributed by atoms with Crippen LogP contribution in [0.15, 0.2) is 27.1 Å². The zero-order chi connectivity index (χ0) is 18.0. The predicted molar refractivity (Wildman–Crippen MR) is 96.1 cm³/mol. The van der Waals surface area contributed by atoms with Gasteiger partial charge in [0.1, 0.15) is 37.4 Å². The first kappa shape index (κ1) is 17.9. The maximum atomic E-state index is 12.5. The monoisotopic (exact) mass is 411 g/mol. The number of halogens is 1. The molecule has 1 amide bonds. The van der Waals surface area contributed by atoms with E-state index in [-0.39, 0.29) is 11.7 Å². The van der Waals surface area contributed by atoms with E-state index in [1.807, 2.05) is 12.1 Å². The third-order valence-corrected chi connectivity index (χ3v) is 5.00. The molecule has 134 valence electrons. The minimum Gasteiger partial charge on any atom is -0.463 e. The van der Waals surface area contributed by atoms with Gasteiger partial charge in [-0.2, -0.15) is 0 Å². The van der Waals surface area contributed by atoms with Crippen LogP contribution in [0.1, 0.15) is 10.6 Å². The van der Waals surface area contributed by atoms with Gasteiger partial charge in [-0.3, -0.25) is 4.79 Å². The van der Waals surface area contributed by atoms with Gasteiger partial charge in [-0.1, -0.05) is 15.9 Å². The Hall–Kier alpha value is -1.90. The van der Waals surface area contributed by atoms with E-state index in [2.05, 4.69) is 28.3 Å². The Balaban J connectivity index is 1.82. The maximum absolute atomic E-state index is 12.5. The summed E-state index contributed by atoms with van der Waals surface area (Å²) in [4.78, 5) is 27.3. The van der Waals surface area contributed by atoms with Gasteiger partial charge >= 0.3 is 5.97 Å². The quantitative estimate of drug-likeness (QED) is 0.583. The molecule has 0 atom stereocenters. The van der Waals surface area contributed by atoms with Gasteiger partial charge in [0.2, 0.25) is 5.76 Å². The number of nitrogens with one attached hydrogen (secondary N) is 3. The normalized spacial score (nSPS) is 20.4. The van der Waals surface area contributed by atoms with Crippen molar-refractivity contribution in [1.29, 1.82) is 0 Å². The fourth-order valence-corrected chi connectivity index (χ4v) is 3.41. The first-order chi connectivity index (χ1) is 12.0. The van der Waals surface area contributed by atoms with Crippen LogP contribution in [0.5, 0.6) is 0 Å². The van der Waals surface area contributed by atoms with Crippen LogP contribution in [0, 0.1) is 0 Å². The number of hydrogen-bond acceptors (Lipinski definition) is 4. The van der Waals surface area contributed by atoms with Gasteiger partial charge in [0.05, 0.1) is 14.2 Å². The minimum absolute atomic E-state index is 0.0155. The molecule has 1 aliphatic rings. The van der Waals surface area contributed by atoms with Gasteiger partial charge in [-0.15, -0.1) is 0 Å². The Morgan fingerprint density at radius 2 is 2.00 bits per heavy atom. The summed E-state index contributed by atoms with van der Waals surface area (Å²) in [5.41, 5.74) is 0.891. The molecule has 2 aromatic rings. The number of benzene rings is 1. The molecule has 7 nitrogen and oxygen atoms in total. The van der Waals surface area contributed by atoms with Crippen LogP contribution >= 0.6 is 15.9 Å². The Bertz CT molecular complexity index is 797. The lowest BCUT2D eigenvalue weighted by atomic mass is 10.2. The number of amides is 1. The van der Waals surface area contributed by atoms with E-state index in [1.54, 1.807) is 6.07 Å². The number of hydrogen-bond donors (Lipinski definition) is 3. The predicted octanol–water partition coefficient (Wildman–Crippen LogP) is -0.666. The minimum atomic E-state index is -0.613. The van der Waals surface area contributed by atoms with Crippen LogP contribution in [0.4, 0.5) is 5.69 Å². The van der Waals surface area contributed by atoms with E-state index in [1.165, 1.54) is 16.9 Å². The van der Waals surface area contributed by atoms with Gasteiger partial charge in [0, 0.05) is 9.86 Å². The summed E-state index contributed by atoms with van der Waals surface area (Å²) in [6.07, 6.45) is 0. The number of fused-ring (bicyclic) bond motifs is 1. The molecule has 8 heteroatoms. The van der Waals surface area contributed by atoms with E-state index >= 15 is 0 Å². The summed E-state index contributed by atoms with van der Waals surface area (Å²) in [6.45, 7) is 4.39. The molecule has 0 spiro atoms. The van der Waals surface area contributed by atoms with Crippen molar-refractivity contribution in [1.82, 2.24) is 0 Å². The van der Waals surface area contributed by atoms with E-state index in [9.17, 15) is 9.59 Å². The molecule has 3 rings (SSSR count). The smallest absolute Gasteiger partial charge is 0.376 e. The van der Waals surface area contributed by atoms with Crippen LogP contribution in [-0.4, -0.2) is 58.8 Å². The standard InChI is InChI=1S/C17H20BrN3O4/c1-20-5-7-21(8-6-20)10-14(22)19-15-12-9-11(18)3-4-13(12)25-16(15)17(23)24-2/h3-4,9H,5-8,10H2,1-2H3,(H,19,22)/p+2. The number of furan rings is 1.